The molecule has 9 heteroatoms. The third-order valence-electron chi connectivity index (χ3n) is 9.88. The fourth-order valence-corrected chi connectivity index (χ4v) is 7.28. The van der Waals surface area contributed by atoms with Gasteiger partial charge in [-0.25, -0.2) is 0 Å². The van der Waals surface area contributed by atoms with Gasteiger partial charge < -0.3 is 24.0 Å². The molecule has 7 nitrogen and oxygen atoms in total. The van der Waals surface area contributed by atoms with Gasteiger partial charge in [-0.3, -0.25) is 10.2 Å². The van der Waals surface area contributed by atoms with Crippen molar-refractivity contribution < 1.29 is 19.0 Å². The number of Topliss-reactive ketones (excluding diaryl/α,β-unsaturated/α-hetero) is 1. The Morgan fingerprint density at radius 3 is 2.00 bits per heavy atom. The van der Waals surface area contributed by atoms with E-state index in [2.05, 4.69) is 59.5 Å². The zero-order chi connectivity index (χ0) is 31.5. The number of anilines is 2. The Morgan fingerprint density at radius 1 is 0.761 bits per heavy atom. The van der Waals surface area contributed by atoms with E-state index < -0.39 is 5.41 Å². The third kappa shape index (κ3) is 5.73. The predicted molar refractivity (Wildman–Crippen MR) is 186 cm³/mol. The van der Waals surface area contributed by atoms with Crippen molar-refractivity contribution in [3.8, 4) is 11.5 Å². The van der Waals surface area contributed by atoms with Gasteiger partial charge >= 0.3 is 0 Å². The maximum absolute atomic E-state index is 13.8. The van der Waals surface area contributed by atoms with Gasteiger partial charge in [-0.2, -0.15) is 0 Å². The highest BCUT2D eigenvalue weighted by molar-refractivity contribution is 6.55. The third-order valence-corrected chi connectivity index (χ3v) is 10.1. The number of halogens is 1. The molecule has 3 heterocycles. The van der Waals surface area contributed by atoms with E-state index in [4.69, 9.17) is 25.8 Å². The van der Waals surface area contributed by atoms with Crippen molar-refractivity contribution in [1.82, 2.24) is 0 Å². The largest absolute Gasteiger partial charge is 0.457 e. The van der Waals surface area contributed by atoms with Gasteiger partial charge in [-0.05, 0) is 43.4 Å². The molecule has 239 valence electrons. The number of nitrogens with one attached hydrogen (secondary N) is 1. The van der Waals surface area contributed by atoms with Gasteiger partial charge in [-0.1, -0.05) is 55.0 Å². The number of rotatable bonds is 15. The van der Waals surface area contributed by atoms with E-state index in [1.807, 2.05) is 12.1 Å². The number of fused-ring (bicyclic) bond motifs is 6. The first kappa shape index (κ1) is 31.3. The number of carbonyl (C=O) groups is 1. The van der Waals surface area contributed by atoms with E-state index in [0.29, 0.717) is 25.4 Å². The van der Waals surface area contributed by atoms with Crippen LogP contribution in [0.15, 0.2) is 54.6 Å². The van der Waals surface area contributed by atoms with Gasteiger partial charge in [0.2, 0.25) is 5.78 Å². The molecule has 4 aliphatic rings. The molecule has 0 atom stereocenters. The van der Waals surface area contributed by atoms with Crippen molar-refractivity contribution in [2.75, 3.05) is 68.3 Å². The first-order valence-corrected chi connectivity index (χ1v) is 17.4. The van der Waals surface area contributed by atoms with Crippen LogP contribution in [0.2, 0.25) is 6.32 Å². The van der Waals surface area contributed by atoms with E-state index >= 15 is 0 Å². The van der Waals surface area contributed by atoms with Gasteiger partial charge in [0.25, 0.3) is 0 Å². The van der Waals surface area contributed by atoms with Crippen molar-refractivity contribution in [2.45, 2.75) is 50.3 Å². The number of ether oxygens (including phenoxy) is 3. The zero-order valence-corrected chi connectivity index (χ0v) is 27.2. The molecule has 0 saturated carbocycles. The summed E-state index contributed by atoms with van der Waals surface area (Å²) in [7, 11) is 2.15. The van der Waals surface area contributed by atoms with Gasteiger partial charge in [0.05, 0.1) is 24.3 Å². The summed E-state index contributed by atoms with van der Waals surface area (Å²) in [5.41, 5.74) is 5.48. The monoisotopic (exact) mass is 638 g/mol. The molecule has 1 radical (unpaired) electrons. The van der Waals surface area contributed by atoms with E-state index in [0.717, 1.165) is 116 Å². The molecule has 3 aromatic carbocycles. The van der Waals surface area contributed by atoms with Crippen LogP contribution in [0.25, 0.3) is 0 Å². The second kappa shape index (κ2) is 13.8. The van der Waals surface area contributed by atoms with E-state index in [1.165, 1.54) is 12.8 Å². The molecular weight excluding hydrogens is 597 g/mol. The maximum Gasteiger partial charge on any atom is 0.208 e. The molecule has 0 unspecified atom stereocenters. The lowest BCUT2D eigenvalue weighted by Gasteiger charge is -2.40. The minimum Gasteiger partial charge on any atom is -0.457 e. The van der Waals surface area contributed by atoms with Crippen LogP contribution in [0, 0.1) is 5.41 Å². The highest BCUT2D eigenvalue weighted by atomic mass is 35.5. The lowest BCUT2D eigenvalue weighted by molar-refractivity contribution is 0.0513. The van der Waals surface area contributed by atoms with Crippen LogP contribution in [0.5, 0.6) is 11.5 Å². The lowest BCUT2D eigenvalue weighted by Crippen LogP contribution is -2.40. The number of unbranched alkanes of at least 4 members (excludes halogenated alkanes) is 3. The van der Waals surface area contributed by atoms with E-state index in [9.17, 15) is 10.2 Å². The Hall–Kier alpha value is -3.33. The smallest absolute Gasteiger partial charge is 0.208 e. The zero-order valence-electron chi connectivity index (χ0n) is 26.5. The van der Waals surface area contributed by atoms with Crippen LogP contribution >= 0.6 is 11.6 Å². The summed E-state index contributed by atoms with van der Waals surface area (Å²) in [5.74, 6) is 1.96. The van der Waals surface area contributed by atoms with Gasteiger partial charge in [-0.15, -0.1) is 11.6 Å². The van der Waals surface area contributed by atoms with Crippen molar-refractivity contribution in [1.29, 1.82) is 5.41 Å². The molecule has 2 fully saturated rings. The summed E-state index contributed by atoms with van der Waals surface area (Å²) in [6.45, 7) is 6.64. The van der Waals surface area contributed by atoms with Crippen LogP contribution in [0.3, 0.4) is 0 Å². The molecule has 3 aliphatic heterocycles. The standard InChI is InChI=1S/C37H42BClN3O4/c39-14-3-1-2-4-19-44-21-22-45-20-13-38-26-7-10-29-32(23-26)37(36(40)35(29)43)30-11-8-27(41-15-5-16-41)24-33(30)46-34-25-28(9-12-31(34)37)42-17-6-18-42/h7-12,23-25,40H,1-6,13-22H2. The molecule has 1 spiro atoms. The second-order valence-electron chi connectivity index (χ2n) is 12.7. The number of alkyl halides is 1. The van der Waals surface area contributed by atoms with Crippen molar-refractivity contribution >= 4 is 47.2 Å². The Balaban J connectivity index is 1.11. The topological polar surface area (TPSA) is 75.1 Å². The van der Waals surface area contributed by atoms with E-state index in [1.54, 1.807) is 0 Å². The van der Waals surface area contributed by atoms with Gasteiger partial charge in [0.1, 0.15) is 11.5 Å². The van der Waals surface area contributed by atoms with Crippen LogP contribution in [-0.4, -0.2) is 77.3 Å². The average Bonchev–Trinajstić information content (AvgIpc) is 3.22. The molecule has 0 aromatic heterocycles. The lowest BCUT2D eigenvalue weighted by atomic mass is 9.63. The Morgan fingerprint density at radius 2 is 1.39 bits per heavy atom. The summed E-state index contributed by atoms with van der Waals surface area (Å²) in [6.07, 6.45) is 7.55. The maximum atomic E-state index is 13.8. The highest BCUT2D eigenvalue weighted by Gasteiger charge is 2.55. The number of ketones is 1. The number of hydrogen-bond acceptors (Lipinski definition) is 7. The molecule has 3 aromatic rings. The highest BCUT2D eigenvalue weighted by Crippen LogP contribution is 2.57. The number of nitrogens with zero attached hydrogens (tertiary/aromatic N) is 2. The molecule has 2 saturated heterocycles. The Labute approximate surface area is 277 Å². The summed E-state index contributed by atoms with van der Waals surface area (Å²) in [4.78, 5) is 18.5. The molecule has 0 bridgehead atoms. The minimum atomic E-state index is -1.03. The Bertz CT molecular complexity index is 1540. The summed E-state index contributed by atoms with van der Waals surface area (Å²) >= 11 is 5.73. The summed E-state index contributed by atoms with van der Waals surface area (Å²) < 4.78 is 18.2. The fourth-order valence-electron chi connectivity index (χ4n) is 7.10. The predicted octanol–water partition coefficient (Wildman–Crippen LogP) is 6.34. The normalized spacial score (nSPS) is 17.2. The molecule has 0 amide bonds. The van der Waals surface area contributed by atoms with Crippen LogP contribution < -0.4 is 20.0 Å². The van der Waals surface area contributed by atoms with Crippen LogP contribution in [0.4, 0.5) is 11.4 Å². The summed E-state index contributed by atoms with van der Waals surface area (Å²) in [6, 6.07) is 18.6. The van der Waals surface area contributed by atoms with Gasteiger partial charge in [0.15, 0.2) is 7.28 Å². The molecular formula is C37H42BClN3O4. The first-order valence-electron chi connectivity index (χ1n) is 16.9. The van der Waals surface area contributed by atoms with Crippen molar-refractivity contribution in [3.63, 3.8) is 0 Å². The molecule has 1 N–H and O–H groups in total. The Kier molecular flexibility index (Phi) is 9.39. The minimum absolute atomic E-state index is 0.0845. The quantitative estimate of drug-likeness (QED) is 0.119. The number of carbonyl (C=O) groups excluding carboxylic acids is 1. The number of hydrogen-bond donors (Lipinski definition) is 1. The van der Waals surface area contributed by atoms with Gasteiger partial charge in [0, 0.05) is 85.5 Å². The summed E-state index contributed by atoms with van der Waals surface area (Å²) in [5, 5.41) is 9.42. The molecule has 46 heavy (non-hydrogen) atoms. The molecule has 7 rings (SSSR count). The number of benzene rings is 3. The van der Waals surface area contributed by atoms with E-state index in [-0.39, 0.29) is 11.5 Å². The average molecular weight is 639 g/mol. The van der Waals surface area contributed by atoms with Crippen molar-refractivity contribution in [2.24, 2.45) is 0 Å². The molecule has 1 aliphatic carbocycles. The second-order valence-corrected chi connectivity index (χ2v) is 13.1. The van der Waals surface area contributed by atoms with Crippen molar-refractivity contribution in [3.05, 3.63) is 76.9 Å². The first-order chi connectivity index (χ1) is 22.6. The SMILES string of the molecule is N=C1C(=O)c2ccc([B]CCOCCOCCCCCCCl)cc2C12c1ccc(N3CCC3)cc1Oc1cc(N3CCC3)ccc12. The fraction of sp³-hybridized carbons (Fsp3) is 0.459. The van der Waals surface area contributed by atoms with Crippen LogP contribution in [-0.2, 0) is 14.9 Å². The van der Waals surface area contributed by atoms with Crippen LogP contribution in [0.1, 0.15) is 65.6 Å².